The highest BCUT2D eigenvalue weighted by molar-refractivity contribution is 9.10. The quantitative estimate of drug-likeness (QED) is 0.937. The lowest BCUT2D eigenvalue weighted by molar-refractivity contribution is 0.627. The predicted molar refractivity (Wildman–Crippen MR) is 77.3 cm³/mol. The predicted octanol–water partition coefficient (Wildman–Crippen LogP) is 3.63. The largest absolute Gasteiger partial charge is 0.313 e. The van der Waals surface area contributed by atoms with E-state index in [0.29, 0.717) is 15.9 Å². The first kappa shape index (κ1) is 14.1. The van der Waals surface area contributed by atoms with Crippen molar-refractivity contribution in [1.82, 2.24) is 15.3 Å². The molecule has 19 heavy (non-hydrogen) atoms. The van der Waals surface area contributed by atoms with E-state index >= 15 is 0 Å². The van der Waals surface area contributed by atoms with E-state index in [1.807, 2.05) is 20.9 Å². The summed E-state index contributed by atoms with van der Waals surface area (Å²) in [5.74, 6) is 0.225. The molecule has 2 rings (SSSR count). The van der Waals surface area contributed by atoms with E-state index in [4.69, 9.17) is 0 Å². The lowest BCUT2D eigenvalue weighted by Crippen LogP contribution is -2.14. The molecule has 100 valence electrons. The molecule has 2 aromatic rings. The molecule has 3 nitrogen and oxygen atoms in total. The van der Waals surface area contributed by atoms with Crippen molar-refractivity contribution in [3.05, 3.63) is 45.9 Å². The number of nitrogens with one attached hydrogen (secondary N) is 1. The molecule has 0 amide bonds. The highest BCUT2D eigenvalue weighted by Gasteiger charge is 2.11. The van der Waals surface area contributed by atoms with Gasteiger partial charge in [0.25, 0.3) is 0 Å². The van der Waals surface area contributed by atoms with Crippen molar-refractivity contribution in [2.24, 2.45) is 0 Å². The molecule has 1 unspecified atom stereocenters. The third-order valence-electron chi connectivity index (χ3n) is 3.04. The third kappa shape index (κ3) is 3.16. The number of nitrogens with zero attached hydrogens (tertiary/aromatic N) is 2. The molecule has 0 fully saturated rings. The Bertz CT molecular complexity index is 581. The number of rotatable bonds is 3. The van der Waals surface area contributed by atoms with Crippen molar-refractivity contribution in [3.63, 3.8) is 0 Å². The molecule has 0 aliphatic heterocycles. The van der Waals surface area contributed by atoms with Crippen molar-refractivity contribution < 1.29 is 4.39 Å². The van der Waals surface area contributed by atoms with E-state index in [0.717, 1.165) is 11.3 Å². The lowest BCUT2D eigenvalue weighted by Gasteiger charge is -2.13. The van der Waals surface area contributed by atoms with Crippen LogP contribution in [0.5, 0.6) is 0 Å². The summed E-state index contributed by atoms with van der Waals surface area (Å²) in [7, 11) is 1.89. The highest BCUT2D eigenvalue weighted by atomic mass is 79.9. The van der Waals surface area contributed by atoms with Crippen molar-refractivity contribution >= 4 is 15.9 Å². The van der Waals surface area contributed by atoms with Crippen LogP contribution in [0.25, 0.3) is 11.4 Å². The molecular formula is C14H15BrFN3. The molecule has 1 atom stereocenters. The van der Waals surface area contributed by atoms with Gasteiger partial charge in [0.05, 0.1) is 0 Å². The summed E-state index contributed by atoms with van der Waals surface area (Å²) in [5.41, 5.74) is 2.60. The van der Waals surface area contributed by atoms with Gasteiger partial charge >= 0.3 is 0 Å². The van der Waals surface area contributed by atoms with Crippen LogP contribution in [-0.2, 0) is 0 Å². The number of hydrogen-bond donors (Lipinski definition) is 1. The van der Waals surface area contributed by atoms with E-state index in [-0.39, 0.29) is 11.9 Å². The van der Waals surface area contributed by atoms with Crippen LogP contribution in [-0.4, -0.2) is 17.0 Å². The number of halogens is 2. The molecule has 1 N–H and O–H groups in total. The van der Waals surface area contributed by atoms with Gasteiger partial charge in [0.2, 0.25) is 0 Å². The molecule has 0 saturated heterocycles. The second-order valence-electron chi connectivity index (χ2n) is 4.40. The molecule has 0 aliphatic carbocycles. The molecule has 1 aromatic heterocycles. The number of aromatic nitrogens is 2. The van der Waals surface area contributed by atoms with Crippen LogP contribution in [0.4, 0.5) is 4.39 Å². The van der Waals surface area contributed by atoms with Crippen LogP contribution in [0, 0.1) is 12.7 Å². The summed E-state index contributed by atoms with van der Waals surface area (Å²) < 4.78 is 14.1. The SMILES string of the molecule is CNC(C)c1cnc(-c2cc(F)cc(Br)c2)nc1C. The Morgan fingerprint density at radius 3 is 2.63 bits per heavy atom. The lowest BCUT2D eigenvalue weighted by atomic mass is 10.1. The fourth-order valence-electron chi connectivity index (χ4n) is 1.88. The topological polar surface area (TPSA) is 37.8 Å². The van der Waals surface area contributed by atoms with Crippen molar-refractivity contribution in [2.75, 3.05) is 7.05 Å². The standard InChI is InChI=1S/C14H15BrFN3/c1-8(17-3)13-7-18-14(19-9(13)2)10-4-11(15)6-12(16)5-10/h4-8,17H,1-3H3. The highest BCUT2D eigenvalue weighted by Crippen LogP contribution is 2.23. The van der Waals surface area contributed by atoms with Crippen LogP contribution in [0.3, 0.4) is 0 Å². The molecule has 0 spiro atoms. The maximum atomic E-state index is 13.4. The molecule has 1 heterocycles. The zero-order valence-electron chi connectivity index (χ0n) is 11.0. The van der Waals surface area contributed by atoms with Crippen molar-refractivity contribution in [1.29, 1.82) is 0 Å². The summed E-state index contributed by atoms with van der Waals surface area (Å²) in [4.78, 5) is 8.78. The maximum absolute atomic E-state index is 13.4. The Hall–Kier alpha value is -1.33. The van der Waals surface area contributed by atoms with E-state index in [2.05, 4.69) is 31.2 Å². The molecule has 5 heteroatoms. The van der Waals surface area contributed by atoms with Gasteiger partial charge in [-0.05, 0) is 39.1 Å². The van der Waals surface area contributed by atoms with Crippen LogP contribution in [0.15, 0.2) is 28.9 Å². The Balaban J connectivity index is 2.44. The average Bonchev–Trinajstić information content (AvgIpc) is 2.36. The number of hydrogen-bond acceptors (Lipinski definition) is 3. The first-order chi connectivity index (χ1) is 9.01. The fraction of sp³-hybridized carbons (Fsp3) is 0.286. The van der Waals surface area contributed by atoms with Crippen LogP contribution >= 0.6 is 15.9 Å². The third-order valence-corrected chi connectivity index (χ3v) is 3.50. The molecule has 0 radical (unpaired) electrons. The summed E-state index contributed by atoms with van der Waals surface area (Å²) in [6.45, 7) is 3.98. The van der Waals surface area contributed by atoms with E-state index < -0.39 is 0 Å². The van der Waals surface area contributed by atoms with Gasteiger partial charge in [-0.1, -0.05) is 15.9 Å². The smallest absolute Gasteiger partial charge is 0.159 e. The average molecular weight is 324 g/mol. The van der Waals surface area contributed by atoms with Gasteiger partial charge < -0.3 is 5.32 Å². The van der Waals surface area contributed by atoms with Crippen LogP contribution in [0.2, 0.25) is 0 Å². The Morgan fingerprint density at radius 2 is 2.05 bits per heavy atom. The molecule has 0 aliphatic rings. The second-order valence-corrected chi connectivity index (χ2v) is 5.32. The maximum Gasteiger partial charge on any atom is 0.159 e. The number of benzene rings is 1. The zero-order valence-corrected chi connectivity index (χ0v) is 12.6. The fourth-order valence-corrected chi connectivity index (χ4v) is 2.34. The van der Waals surface area contributed by atoms with Gasteiger partial charge in [-0.15, -0.1) is 0 Å². The van der Waals surface area contributed by atoms with E-state index in [9.17, 15) is 4.39 Å². The minimum absolute atomic E-state index is 0.188. The van der Waals surface area contributed by atoms with Gasteiger partial charge in [0.15, 0.2) is 5.82 Å². The summed E-state index contributed by atoms with van der Waals surface area (Å²) in [5, 5.41) is 3.15. The second kappa shape index (κ2) is 5.75. The summed E-state index contributed by atoms with van der Waals surface area (Å²) in [6.07, 6.45) is 1.79. The normalized spacial score (nSPS) is 12.5. The van der Waals surface area contributed by atoms with Crippen molar-refractivity contribution in [2.45, 2.75) is 19.9 Å². The van der Waals surface area contributed by atoms with Gasteiger partial charge in [-0.25, -0.2) is 14.4 Å². The first-order valence-electron chi connectivity index (χ1n) is 5.98. The Morgan fingerprint density at radius 1 is 1.32 bits per heavy atom. The molecule has 0 saturated carbocycles. The summed E-state index contributed by atoms with van der Waals surface area (Å²) >= 11 is 3.27. The molecule has 1 aromatic carbocycles. The molecule has 0 bridgehead atoms. The van der Waals surface area contributed by atoms with Gasteiger partial charge in [-0.2, -0.15) is 0 Å². The minimum Gasteiger partial charge on any atom is -0.313 e. The molecular weight excluding hydrogens is 309 g/mol. The van der Waals surface area contributed by atoms with Crippen LogP contribution in [0.1, 0.15) is 24.2 Å². The van der Waals surface area contributed by atoms with Gasteiger partial charge in [-0.3, -0.25) is 0 Å². The Labute approximate surface area is 120 Å². The Kier molecular flexibility index (Phi) is 4.27. The first-order valence-corrected chi connectivity index (χ1v) is 6.78. The number of aryl methyl sites for hydroxylation is 1. The summed E-state index contributed by atoms with van der Waals surface area (Å²) in [6, 6.07) is 4.83. The van der Waals surface area contributed by atoms with Gasteiger partial charge in [0.1, 0.15) is 5.82 Å². The van der Waals surface area contributed by atoms with Gasteiger partial charge in [0, 0.05) is 33.5 Å². The zero-order chi connectivity index (χ0) is 14.0. The van der Waals surface area contributed by atoms with Crippen LogP contribution < -0.4 is 5.32 Å². The minimum atomic E-state index is -0.307. The van der Waals surface area contributed by atoms with Crippen molar-refractivity contribution in [3.8, 4) is 11.4 Å². The monoisotopic (exact) mass is 323 g/mol. The van der Waals surface area contributed by atoms with E-state index in [1.54, 1.807) is 12.3 Å². The van der Waals surface area contributed by atoms with E-state index in [1.165, 1.54) is 12.1 Å².